The average molecular weight is 429 g/mol. The summed E-state index contributed by atoms with van der Waals surface area (Å²) >= 11 is 6.26. The van der Waals surface area contributed by atoms with Crippen LogP contribution in [0.4, 0.5) is 4.39 Å². The van der Waals surface area contributed by atoms with Crippen molar-refractivity contribution in [1.29, 1.82) is 0 Å². The van der Waals surface area contributed by atoms with Gasteiger partial charge in [0.2, 0.25) is 0 Å². The number of nitrogens with one attached hydrogen (secondary N) is 1. The molecule has 1 saturated carbocycles. The Morgan fingerprint density at radius 3 is 2.83 bits per heavy atom. The molecular weight excluding hydrogens is 407 g/mol. The molecule has 4 rings (SSSR count). The number of pyridine rings is 1. The van der Waals surface area contributed by atoms with Gasteiger partial charge in [0, 0.05) is 25.0 Å². The number of aliphatic hydroxyl groups is 1. The van der Waals surface area contributed by atoms with Crippen molar-refractivity contribution in [3.8, 4) is 5.69 Å². The Hall–Kier alpha value is -2.77. The van der Waals surface area contributed by atoms with Gasteiger partial charge in [-0.1, -0.05) is 30.5 Å². The fourth-order valence-corrected chi connectivity index (χ4v) is 3.88. The third-order valence-electron chi connectivity index (χ3n) is 5.40. The van der Waals surface area contributed by atoms with Gasteiger partial charge in [0.15, 0.2) is 0 Å². The van der Waals surface area contributed by atoms with Gasteiger partial charge < -0.3 is 10.4 Å². The number of benzene rings is 1. The van der Waals surface area contributed by atoms with Crippen molar-refractivity contribution in [2.75, 3.05) is 0 Å². The van der Waals surface area contributed by atoms with Crippen LogP contribution in [0.15, 0.2) is 48.9 Å². The van der Waals surface area contributed by atoms with Crippen molar-refractivity contribution in [3.63, 3.8) is 0 Å². The van der Waals surface area contributed by atoms with Crippen LogP contribution in [0.2, 0.25) is 5.02 Å². The minimum absolute atomic E-state index is 0.195. The van der Waals surface area contributed by atoms with E-state index in [1.807, 2.05) is 0 Å². The summed E-state index contributed by atoms with van der Waals surface area (Å²) in [6.07, 6.45) is 7.79. The van der Waals surface area contributed by atoms with Gasteiger partial charge in [-0.15, -0.1) is 0 Å². The number of carbonyl (C=O) groups excluding carboxylic acids is 1. The Morgan fingerprint density at radius 2 is 2.10 bits per heavy atom. The van der Waals surface area contributed by atoms with Crippen LogP contribution >= 0.6 is 11.6 Å². The maximum atomic E-state index is 14.7. The standard InChI is InChI=1S/C22H22ClFN4O2/c23-17-13-25-20(22(30)27-19-4-1-2-5-21(19)29)11-15(17)10-14-6-7-16(12-18(14)24)28-9-3-8-26-28/h3,6-9,11-13,19,21,29H,1-2,4-5,10H2,(H,27,30)/t19-,21-/m0/s1. The molecule has 1 aromatic carbocycles. The number of nitrogens with zero attached hydrogens (tertiary/aromatic N) is 3. The fourth-order valence-electron chi connectivity index (χ4n) is 3.71. The molecular formula is C22H22ClFN4O2. The highest BCUT2D eigenvalue weighted by Crippen LogP contribution is 2.23. The maximum Gasteiger partial charge on any atom is 0.270 e. The number of hydrogen-bond donors (Lipinski definition) is 2. The Balaban J connectivity index is 1.51. The maximum absolute atomic E-state index is 14.7. The Kier molecular flexibility index (Phi) is 6.11. The molecule has 1 aliphatic rings. The molecule has 2 N–H and O–H groups in total. The second-order valence-electron chi connectivity index (χ2n) is 7.50. The van der Waals surface area contributed by atoms with Crippen molar-refractivity contribution in [2.45, 2.75) is 44.2 Å². The third kappa shape index (κ3) is 4.52. The molecule has 1 amide bonds. The van der Waals surface area contributed by atoms with Crippen LogP contribution in [-0.4, -0.2) is 37.9 Å². The lowest BCUT2D eigenvalue weighted by molar-refractivity contribution is 0.0713. The summed E-state index contributed by atoms with van der Waals surface area (Å²) in [5.41, 5.74) is 1.87. The van der Waals surface area contributed by atoms with Gasteiger partial charge in [0.05, 0.1) is 22.9 Å². The topological polar surface area (TPSA) is 80.0 Å². The molecule has 2 atom stereocenters. The quantitative estimate of drug-likeness (QED) is 0.649. The van der Waals surface area contributed by atoms with Crippen LogP contribution in [-0.2, 0) is 6.42 Å². The Morgan fingerprint density at radius 1 is 1.27 bits per heavy atom. The summed E-state index contributed by atoms with van der Waals surface area (Å²) in [5.74, 6) is -0.749. The van der Waals surface area contributed by atoms with E-state index in [2.05, 4.69) is 15.4 Å². The SMILES string of the molecule is O=C(N[C@H]1CCCC[C@@H]1O)c1cc(Cc2ccc(-n3cccn3)cc2F)c(Cl)cn1. The molecule has 1 fully saturated rings. The summed E-state index contributed by atoms with van der Waals surface area (Å²) in [7, 11) is 0. The highest BCUT2D eigenvalue weighted by molar-refractivity contribution is 6.31. The third-order valence-corrected chi connectivity index (χ3v) is 5.74. The zero-order valence-electron chi connectivity index (χ0n) is 16.3. The average Bonchev–Trinajstić information content (AvgIpc) is 3.27. The van der Waals surface area contributed by atoms with Gasteiger partial charge in [-0.3, -0.25) is 4.79 Å². The molecule has 0 radical (unpaired) electrons. The minimum Gasteiger partial charge on any atom is -0.391 e. The van der Waals surface area contributed by atoms with Crippen LogP contribution < -0.4 is 5.32 Å². The zero-order valence-corrected chi connectivity index (χ0v) is 17.0. The zero-order chi connectivity index (χ0) is 21.1. The molecule has 3 aromatic rings. The largest absolute Gasteiger partial charge is 0.391 e. The van der Waals surface area contributed by atoms with E-state index in [4.69, 9.17) is 11.6 Å². The van der Waals surface area contributed by atoms with Crippen LogP contribution in [0.5, 0.6) is 0 Å². The van der Waals surface area contributed by atoms with E-state index in [0.29, 0.717) is 28.3 Å². The summed E-state index contributed by atoms with van der Waals surface area (Å²) in [6, 6.07) is 7.93. The summed E-state index contributed by atoms with van der Waals surface area (Å²) in [5, 5.41) is 17.4. The van der Waals surface area contributed by atoms with Crippen molar-refractivity contribution in [2.24, 2.45) is 0 Å². The molecule has 2 heterocycles. The Bertz CT molecular complexity index is 1040. The van der Waals surface area contributed by atoms with Gasteiger partial charge in [-0.25, -0.2) is 14.1 Å². The fraction of sp³-hybridized carbons (Fsp3) is 0.318. The van der Waals surface area contributed by atoms with Crippen LogP contribution in [0, 0.1) is 5.82 Å². The van der Waals surface area contributed by atoms with Crippen molar-refractivity contribution in [1.82, 2.24) is 20.1 Å². The van der Waals surface area contributed by atoms with Crippen LogP contribution in [0.3, 0.4) is 0 Å². The number of hydrogen-bond acceptors (Lipinski definition) is 4. The normalized spacial score (nSPS) is 18.9. The molecule has 0 unspecified atom stereocenters. The molecule has 8 heteroatoms. The number of carbonyl (C=O) groups is 1. The first-order chi connectivity index (χ1) is 14.5. The molecule has 0 saturated heterocycles. The van der Waals surface area contributed by atoms with E-state index in [1.54, 1.807) is 41.3 Å². The van der Waals surface area contributed by atoms with Crippen molar-refractivity contribution >= 4 is 17.5 Å². The lowest BCUT2D eigenvalue weighted by Gasteiger charge is -2.28. The van der Waals surface area contributed by atoms with Gasteiger partial charge >= 0.3 is 0 Å². The predicted molar refractivity (Wildman–Crippen MR) is 111 cm³/mol. The van der Waals surface area contributed by atoms with E-state index >= 15 is 0 Å². The molecule has 2 aromatic heterocycles. The first-order valence-corrected chi connectivity index (χ1v) is 10.3. The number of aliphatic hydroxyl groups excluding tert-OH is 1. The predicted octanol–water partition coefficient (Wildman–Crippen LogP) is 3.68. The summed E-state index contributed by atoms with van der Waals surface area (Å²) in [4.78, 5) is 16.7. The number of halogens is 2. The van der Waals surface area contributed by atoms with E-state index in [0.717, 1.165) is 19.3 Å². The summed E-state index contributed by atoms with van der Waals surface area (Å²) < 4.78 is 16.2. The lowest BCUT2D eigenvalue weighted by Crippen LogP contribution is -2.45. The van der Waals surface area contributed by atoms with Crippen molar-refractivity contribution in [3.05, 3.63) is 76.6 Å². The van der Waals surface area contributed by atoms with E-state index in [1.165, 1.54) is 12.3 Å². The van der Waals surface area contributed by atoms with Gasteiger partial charge in [-0.05, 0) is 48.2 Å². The second-order valence-corrected chi connectivity index (χ2v) is 7.90. The number of rotatable bonds is 5. The van der Waals surface area contributed by atoms with E-state index < -0.39 is 6.10 Å². The van der Waals surface area contributed by atoms with Gasteiger partial charge in [0.25, 0.3) is 5.91 Å². The molecule has 1 aliphatic carbocycles. The van der Waals surface area contributed by atoms with E-state index in [-0.39, 0.29) is 29.9 Å². The first kappa shape index (κ1) is 20.5. The number of aromatic nitrogens is 3. The van der Waals surface area contributed by atoms with Gasteiger partial charge in [0.1, 0.15) is 11.5 Å². The molecule has 0 bridgehead atoms. The molecule has 0 aliphatic heterocycles. The van der Waals surface area contributed by atoms with Crippen LogP contribution in [0.1, 0.15) is 47.3 Å². The second kappa shape index (κ2) is 8.93. The number of amides is 1. The summed E-state index contributed by atoms with van der Waals surface area (Å²) in [6.45, 7) is 0. The monoisotopic (exact) mass is 428 g/mol. The van der Waals surface area contributed by atoms with Crippen LogP contribution in [0.25, 0.3) is 5.69 Å². The minimum atomic E-state index is -0.545. The smallest absolute Gasteiger partial charge is 0.270 e. The molecule has 6 nitrogen and oxygen atoms in total. The Labute approximate surface area is 178 Å². The van der Waals surface area contributed by atoms with Gasteiger partial charge in [-0.2, -0.15) is 5.10 Å². The lowest BCUT2D eigenvalue weighted by atomic mass is 9.92. The molecule has 0 spiro atoms. The van der Waals surface area contributed by atoms with Crippen molar-refractivity contribution < 1.29 is 14.3 Å². The molecule has 30 heavy (non-hydrogen) atoms. The van der Waals surface area contributed by atoms with E-state index in [9.17, 15) is 14.3 Å². The first-order valence-electron chi connectivity index (χ1n) is 9.93. The highest BCUT2D eigenvalue weighted by atomic mass is 35.5. The highest BCUT2D eigenvalue weighted by Gasteiger charge is 2.25. The molecule has 156 valence electrons.